The molecule has 2 heterocycles. The number of allylic oxidation sites excluding steroid dienone is 2. The van der Waals surface area contributed by atoms with Crippen LogP contribution in [-0.2, 0) is 0 Å². The molecule has 104 valence electrons. The highest BCUT2D eigenvalue weighted by Gasteiger charge is 2.09. The van der Waals surface area contributed by atoms with Crippen LogP contribution in [0.3, 0.4) is 0 Å². The zero-order valence-electron chi connectivity index (χ0n) is 11.8. The van der Waals surface area contributed by atoms with Crippen LogP contribution in [0.25, 0.3) is 22.0 Å². The lowest BCUT2D eigenvalue weighted by atomic mass is 9.99. The number of aromatic amines is 1. The Balaban J connectivity index is 1.71. The lowest BCUT2D eigenvalue weighted by Gasteiger charge is -2.06. The Labute approximate surface area is 124 Å². The van der Waals surface area contributed by atoms with E-state index in [1.165, 1.54) is 0 Å². The Hall–Kier alpha value is -2.68. The molecule has 0 aliphatic heterocycles. The lowest BCUT2D eigenvalue weighted by Crippen LogP contribution is -1.88. The first-order valence-corrected chi connectivity index (χ1v) is 6.95. The van der Waals surface area contributed by atoms with Crippen LogP contribution in [0.1, 0.15) is 24.1 Å². The molecule has 0 fully saturated rings. The first-order chi connectivity index (χ1) is 10.3. The van der Waals surface area contributed by atoms with E-state index in [9.17, 15) is 0 Å². The van der Waals surface area contributed by atoms with Crippen LogP contribution in [0.5, 0.6) is 0 Å². The maximum absolute atomic E-state index is 4.38. The van der Waals surface area contributed by atoms with Crippen LogP contribution >= 0.6 is 0 Å². The molecule has 1 N–H and O–H groups in total. The van der Waals surface area contributed by atoms with E-state index in [1.807, 2.05) is 36.5 Å². The van der Waals surface area contributed by atoms with Crippen LogP contribution < -0.4 is 0 Å². The summed E-state index contributed by atoms with van der Waals surface area (Å²) in [6, 6.07) is 12.1. The van der Waals surface area contributed by atoms with Gasteiger partial charge in [0.05, 0.1) is 11.2 Å². The highest BCUT2D eigenvalue weighted by Crippen LogP contribution is 2.27. The highest BCUT2D eigenvalue weighted by atomic mass is 15.1. The number of fused-ring (bicyclic) bond motifs is 1. The van der Waals surface area contributed by atoms with E-state index in [1.54, 1.807) is 6.20 Å². The predicted octanol–water partition coefficient (Wildman–Crippen LogP) is 4.46. The van der Waals surface area contributed by atoms with Crippen molar-refractivity contribution in [2.75, 3.05) is 0 Å². The molecular formula is C18H17N3. The molecular weight excluding hydrogens is 258 g/mol. The maximum atomic E-state index is 4.38. The van der Waals surface area contributed by atoms with Gasteiger partial charge in [0.2, 0.25) is 0 Å². The lowest BCUT2D eigenvalue weighted by molar-refractivity contribution is 1.04. The maximum Gasteiger partial charge on any atom is 0.0953 e. The van der Waals surface area contributed by atoms with Gasteiger partial charge in [0, 0.05) is 17.8 Å². The molecule has 0 bridgehead atoms. The molecule has 0 amide bonds. The van der Waals surface area contributed by atoms with E-state index in [0.29, 0.717) is 0 Å². The quantitative estimate of drug-likeness (QED) is 0.746. The molecule has 3 rings (SSSR count). The molecule has 0 radical (unpaired) electrons. The van der Waals surface area contributed by atoms with Gasteiger partial charge in [0.1, 0.15) is 0 Å². The number of pyridine rings is 1. The SMILES string of the molecule is C=C(CCC(=C)c1n[nH]c2ccccc12)c1cccnc1. The number of rotatable bonds is 5. The van der Waals surface area contributed by atoms with E-state index in [-0.39, 0.29) is 0 Å². The number of H-pyrrole nitrogens is 1. The van der Waals surface area contributed by atoms with Crippen molar-refractivity contribution in [2.45, 2.75) is 12.8 Å². The second-order valence-electron chi connectivity index (χ2n) is 5.07. The first-order valence-electron chi connectivity index (χ1n) is 6.95. The molecule has 0 saturated carbocycles. The van der Waals surface area contributed by atoms with Crippen LogP contribution in [0.15, 0.2) is 61.9 Å². The number of para-hydroxylation sites is 1. The van der Waals surface area contributed by atoms with Gasteiger partial charge in [0.15, 0.2) is 0 Å². The molecule has 3 heteroatoms. The van der Waals surface area contributed by atoms with E-state index >= 15 is 0 Å². The summed E-state index contributed by atoms with van der Waals surface area (Å²) >= 11 is 0. The summed E-state index contributed by atoms with van der Waals surface area (Å²) < 4.78 is 0. The fraction of sp³-hybridized carbons (Fsp3) is 0.111. The zero-order valence-corrected chi connectivity index (χ0v) is 11.8. The molecule has 3 nitrogen and oxygen atoms in total. The summed E-state index contributed by atoms with van der Waals surface area (Å²) in [7, 11) is 0. The monoisotopic (exact) mass is 275 g/mol. The van der Waals surface area contributed by atoms with Crippen LogP contribution in [-0.4, -0.2) is 15.2 Å². The number of benzene rings is 1. The number of nitrogens with zero attached hydrogens (tertiary/aromatic N) is 2. The van der Waals surface area contributed by atoms with Crippen LogP contribution in [0, 0.1) is 0 Å². The number of nitrogens with one attached hydrogen (secondary N) is 1. The minimum Gasteiger partial charge on any atom is -0.277 e. The van der Waals surface area contributed by atoms with Crippen molar-refractivity contribution in [3.05, 3.63) is 73.2 Å². The minimum absolute atomic E-state index is 0.836. The molecule has 0 aliphatic carbocycles. The van der Waals surface area contributed by atoms with Gasteiger partial charge in [-0.15, -0.1) is 0 Å². The van der Waals surface area contributed by atoms with Crippen LogP contribution in [0.2, 0.25) is 0 Å². The normalized spacial score (nSPS) is 10.7. The summed E-state index contributed by atoms with van der Waals surface area (Å²) in [6.45, 7) is 8.30. The summed E-state index contributed by atoms with van der Waals surface area (Å²) in [5.41, 5.74) is 5.17. The second kappa shape index (κ2) is 5.75. The molecule has 3 aromatic rings. The summed E-state index contributed by atoms with van der Waals surface area (Å²) in [6.07, 6.45) is 5.30. The van der Waals surface area contributed by atoms with Gasteiger partial charge in [-0.05, 0) is 41.7 Å². The van der Waals surface area contributed by atoms with E-state index in [4.69, 9.17) is 0 Å². The average Bonchev–Trinajstić information content (AvgIpc) is 2.97. The Bertz CT molecular complexity index is 784. The van der Waals surface area contributed by atoms with Crippen molar-refractivity contribution in [2.24, 2.45) is 0 Å². The summed E-state index contributed by atoms with van der Waals surface area (Å²) in [5.74, 6) is 0. The van der Waals surface area contributed by atoms with Crippen molar-refractivity contribution in [1.29, 1.82) is 0 Å². The van der Waals surface area contributed by atoms with E-state index in [0.717, 1.165) is 46.1 Å². The van der Waals surface area contributed by atoms with E-state index in [2.05, 4.69) is 34.4 Å². The van der Waals surface area contributed by atoms with Gasteiger partial charge < -0.3 is 0 Å². The third-order valence-corrected chi connectivity index (χ3v) is 3.60. The number of hydrogen-bond acceptors (Lipinski definition) is 2. The Morgan fingerprint density at radius 2 is 1.81 bits per heavy atom. The first kappa shape index (κ1) is 13.3. The fourth-order valence-electron chi connectivity index (χ4n) is 2.37. The fourth-order valence-corrected chi connectivity index (χ4v) is 2.37. The van der Waals surface area contributed by atoms with Gasteiger partial charge >= 0.3 is 0 Å². The number of hydrogen-bond donors (Lipinski definition) is 1. The average molecular weight is 275 g/mol. The predicted molar refractivity (Wildman–Crippen MR) is 87.6 cm³/mol. The Morgan fingerprint density at radius 1 is 1.00 bits per heavy atom. The number of aromatic nitrogens is 3. The van der Waals surface area contributed by atoms with Crippen molar-refractivity contribution < 1.29 is 0 Å². The zero-order chi connectivity index (χ0) is 14.7. The van der Waals surface area contributed by atoms with Crippen molar-refractivity contribution in [3.8, 4) is 0 Å². The van der Waals surface area contributed by atoms with Gasteiger partial charge in [-0.25, -0.2) is 0 Å². The third kappa shape index (κ3) is 2.77. The minimum atomic E-state index is 0.836. The smallest absolute Gasteiger partial charge is 0.0953 e. The third-order valence-electron chi connectivity index (χ3n) is 3.60. The van der Waals surface area contributed by atoms with Crippen molar-refractivity contribution >= 4 is 22.0 Å². The topological polar surface area (TPSA) is 41.6 Å². The van der Waals surface area contributed by atoms with Crippen LogP contribution in [0.4, 0.5) is 0 Å². The second-order valence-corrected chi connectivity index (χ2v) is 5.07. The molecule has 0 spiro atoms. The van der Waals surface area contributed by atoms with E-state index < -0.39 is 0 Å². The largest absolute Gasteiger partial charge is 0.277 e. The summed E-state index contributed by atoms with van der Waals surface area (Å²) in [5, 5.41) is 8.54. The summed E-state index contributed by atoms with van der Waals surface area (Å²) in [4.78, 5) is 4.12. The molecule has 21 heavy (non-hydrogen) atoms. The van der Waals surface area contributed by atoms with Gasteiger partial charge in [-0.1, -0.05) is 37.4 Å². The molecule has 0 atom stereocenters. The van der Waals surface area contributed by atoms with Crippen molar-refractivity contribution in [1.82, 2.24) is 15.2 Å². The highest BCUT2D eigenvalue weighted by molar-refractivity contribution is 5.89. The van der Waals surface area contributed by atoms with Crippen molar-refractivity contribution in [3.63, 3.8) is 0 Å². The molecule has 1 aromatic carbocycles. The Morgan fingerprint density at radius 3 is 2.62 bits per heavy atom. The standard InChI is InChI=1S/C18H17N3/c1-13(15-6-5-11-19-12-15)9-10-14(2)18-16-7-3-4-8-17(16)20-21-18/h3-8,11-12H,1-2,9-10H2,(H,20,21). The molecule has 2 aromatic heterocycles. The molecule has 0 unspecified atom stereocenters. The molecule has 0 saturated heterocycles. The van der Waals surface area contributed by atoms with Gasteiger partial charge in [-0.3, -0.25) is 10.1 Å². The molecule has 0 aliphatic rings. The Kier molecular flexibility index (Phi) is 3.65. The van der Waals surface area contributed by atoms with Gasteiger partial charge in [0.25, 0.3) is 0 Å². The van der Waals surface area contributed by atoms with Gasteiger partial charge in [-0.2, -0.15) is 5.10 Å².